The van der Waals surface area contributed by atoms with Gasteiger partial charge in [-0.15, -0.1) is 0 Å². The fraction of sp³-hybridized carbons (Fsp3) is 0.375. The van der Waals surface area contributed by atoms with Gasteiger partial charge in [0.1, 0.15) is 0 Å². The molecule has 0 fully saturated rings. The fourth-order valence-corrected chi connectivity index (χ4v) is 4.69. The van der Waals surface area contributed by atoms with E-state index in [1.54, 1.807) is 6.07 Å². The van der Waals surface area contributed by atoms with Gasteiger partial charge in [0.05, 0.1) is 11.1 Å². The Morgan fingerprint density at radius 2 is 1.71 bits per heavy atom. The van der Waals surface area contributed by atoms with Gasteiger partial charge in [-0.05, 0) is 49.2 Å². The number of unbranched alkanes of at least 4 members (excludes halogenated alkanes) is 2. The Balaban J connectivity index is 1.85. The van der Waals surface area contributed by atoms with E-state index in [0.717, 1.165) is 60.3 Å². The summed E-state index contributed by atoms with van der Waals surface area (Å²) >= 11 is 9.48. The van der Waals surface area contributed by atoms with Gasteiger partial charge in [-0.1, -0.05) is 67.0 Å². The van der Waals surface area contributed by atoms with Crippen LogP contribution in [0.1, 0.15) is 55.5 Å². The van der Waals surface area contributed by atoms with Gasteiger partial charge in [-0.2, -0.15) is 4.99 Å². The minimum atomic E-state index is -1.30. The van der Waals surface area contributed by atoms with E-state index in [9.17, 15) is 4.79 Å². The average Bonchev–Trinajstić information content (AvgIpc) is 3.22. The molecule has 1 spiro atoms. The number of amidine groups is 1. The lowest BCUT2D eigenvalue weighted by Gasteiger charge is -2.33. The van der Waals surface area contributed by atoms with Crippen LogP contribution in [-0.2, 0) is 10.6 Å². The van der Waals surface area contributed by atoms with Crippen LogP contribution < -0.4 is 4.90 Å². The third-order valence-electron chi connectivity index (χ3n) is 5.64. The molecule has 0 saturated carbocycles. The normalized spacial score (nSPS) is 19.6. The zero-order chi connectivity index (χ0) is 22.0. The highest BCUT2D eigenvalue weighted by atomic mass is 79.9. The van der Waals surface area contributed by atoms with Gasteiger partial charge >= 0.3 is 11.8 Å². The van der Waals surface area contributed by atoms with Crippen molar-refractivity contribution in [2.24, 2.45) is 4.99 Å². The van der Waals surface area contributed by atoms with Crippen molar-refractivity contribution in [3.8, 4) is 0 Å². The van der Waals surface area contributed by atoms with Gasteiger partial charge in [0.25, 0.3) is 0 Å². The molecule has 1 atom stereocenters. The third kappa shape index (κ3) is 3.89. The Kier molecular flexibility index (Phi) is 6.44. The van der Waals surface area contributed by atoms with Crippen LogP contribution in [0.25, 0.3) is 0 Å². The Morgan fingerprint density at radius 3 is 2.35 bits per heavy atom. The molecule has 31 heavy (non-hydrogen) atoms. The van der Waals surface area contributed by atoms with E-state index in [4.69, 9.17) is 21.9 Å². The highest BCUT2D eigenvalue weighted by molar-refractivity contribution is 9.10. The lowest BCUT2D eigenvalue weighted by Crippen LogP contribution is -2.46. The number of hydrogen-bond donors (Lipinski definition) is 0. The molecule has 2 aliphatic heterocycles. The maximum absolute atomic E-state index is 12.8. The van der Waals surface area contributed by atoms with Gasteiger partial charge in [-0.25, -0.2) is 4.79 Å². The molecule has 5 nitrogen and oxygen atoms in total. The summed E-state index contributed by atoms with van der Waals surface area (Å²) in [5.41, 5.74) is 2.10. The molecule has 2 heterocycles. The number of ether oxygens (including phenoxy) is 1. The Labute approximate surface area is 197 Å². The number of nitrogens with zero attached hydrogens (tertiary/aromatic N) is 3. The van der Waals surface area contributed by atoms with Crippen molar-refractivity contribution in [3.05, 3.63) is 64.1 Å². The summed E-state index contributed by atoms with van der Waals surface area (Å²) in [7, 11) is 0. The van der Waals surface area contributed by atoms with Gasteiger partial charge in [0.2, 0.25) is 0 Å². The number of hydrogen-bond acceptors (Lipinski definition) is 5. The van der Waals surface area contributed by atoms with E-state index in [0.29, 0.717) is 10.6 Å². The van der Waals surface area contributed by atoms with Crippen LogP contribution >= 0.6 is 28.1 Å². The van der Waals surface area contributed by atoms with Gasteiger partial charge in [-0.3, -0.25) is 4.90 Å². The molecule has 0 radical (unpaired) electrons. The number of anilines is 1. The minimum Gasteiger partial charge on any atom is -0.409 e. The van der Waals surface area contributed by atoms with Crippen LogP contribution in [-0.4, -0.2) is 34.8 Å². The Hall–Kier alpha value is -2.25. The van der Waals surface area contributed by atoms with Crippen molar-refractivity contribution in [1.82, 2.24) is 4.90 Å². The Bertz CT molecular complexity index is 1020. The topological polar surface area (TPSA) is 45.1 Å². The molecule has 162 valence electrons. The molecule has 4 rings (SSSR count). The summed E-state index contributed by atoms with van der Waals surface area (Å²) in [5.74, 6) is -0.951. The highest BCUT2D eigenvalue weighted by Gasteiger charge is 2.57. The van der Waals surface area contributed by atoms with Crippen molar-refractivity contribution in [1.29, 1.82) is 0 Å². The molecule has 1 unspecified atom stereocenters. The lowest BCUT2D eigenvalue weighted by molar-refractivity contribution is 0.00266. The summed E-state index contributed by atoms with van der Waals surface area (Å²) < 4.78 is 6.98. The van der Waals surface area contributed by atoms with Gasteiger partial charge in [0, 0.05) is 23.2 Å². The largest absolute Gasteiger partial charge is 0.409 e. The first kappa shape index (κ1) is 22.0. The molecule has 0 amide bonds. The summed E-state index contributed by atoms with van der Waals surface area (Å²) in [6.45, 7) is 6.10. The minimum absolute atomic E-state index is 0.376. The van der Waals surface area contributed by atoms with Crippen molar-refractivity contribution < 1.29 is 9.53 Å². The van der Waals surface area contributed by atoms with Crippen molar-refractivity contribution in [2.45, 2.75) is 45.4 Å². The van der Waals surface area contributed by atoms with Crippen LogP contribution in [0.15, 0.2) is 58.0 Å². The van der Waals surface area contributed by atoms with Crippen LogP contribution in [0.2, 0.25) is 0 Å². The van der Waals surface area contributed by atoms with Crippen LogP contribution in [0.5, 0.6) is 0 Å². The number of carbonyl (C=O) groups excluding carboxylic acids is 1. The molecule has 7 heteroatoms. The number of carbonyl (C=O) groups is 1. The number of esters is 1. The summed E-state index contributed by atoms with van der Waals surface area (Å²) in [6, 6.07) is 15.3. The Morgan fingerprint density at radius 1 is 1.06 bits per heavy atom. The molecule has 2 aliphatic rings. The molecule has 0 bridgehead atoms. The molecule has 2 aromatic rings. The predicted molar refractivity (Wildman–Crippen MR) is 132 cm³/mol. The van der Waals surface area contributed by atoms with E-state index in [1.807, 2.05) is 47.4 Å². The SMILES string of the molecule is CCCCN(CCCC)C1=NC2(OC(=O)c3ccccc32)N(c2ccc(Br)cc2)C1=S. The molecule has 0 aromatic heterocycles. The van der Waals surface area contributed by atoms with Crippen molar-refractivity contribution >= 4 is 50.6 Å². The second-order valence-electron chi connectivity index (χ2n) is 7.79. The first-order chi connectivity index (χ1) is 15.0. The third-order valence-corrected chi connectivity index (χ3v) is 6.53. The number of benzene rings is 2. The molecule has 0 saturated heterocycles. The number of thiocarbonyl (C=S) groups is 1. The predicted octanol–water partition coefficient (Wildman–Crippen LogP) is 5.88. The lowest BCUT2D eigenvalue weighted by atomic mass is 10.0. The van der Waals surface area contributed by atoms with Gasteiger partial charge < -0.3 is 9.64 Å². The van der Waals surface area contributed by atoms with Crippen molar-refractivity contribution in [2.75, 3.05) is 18.0 Å². The van der Waals surface area contributed by atoms with Gasteiger partial charge in [0.15, 0.2) is 10.8 Å². The first-order valence-electron chi connectivity index (χ1n) is 10.8. The summed E-state index contributed by atoms with van der Waals surface area (Å²) in [4.78, 5) is 22.6. The molecular formula is C24H26BrN3O2S. The second-order valence-corrected chi connectivity index (χ2v) is 9.09. The second kappa shape index (κ2) is 9.09. The molecule has 2 aromatic carbocycles. The van der Waals surface area contributed by atoms with E-state index < -0.39 is 5.85 Å². The van der Waals surface area contributed by atoms with E-state index in [-0.39, 0.29) is 5.97 Å². The summed E-state index contributed by atoms with van der Waals surface area (Å²) in [6.07, 6.45) is 4.27. The molecular weight excluding hydrogens is 474 g/mol. The van der Waals surface area contributed by atoms with Crippen LogP contribution in [0.4, 0.5) is 5.69 Å². The molecule has 0 N–H and O–H groups in total. The van der Waals surface area contributed by atoms with E-state index in [1.165, 1.54) is 0 Å². The number of halogens is 1. The monoisotopic (exact) mass is 499 g/mol. The standard InChI is InChI=1S/C24H26BrN3O2S/c1-3-5-15-27(16-6-4-2)21-22(31)28(18-13-11-17(25)12-14-18)24(26-21)20-10-8-7-9-19(20)23(29)30-24/h7-14H,3-6,15-16H2,1-2H3. The molecule has 0 aliphatic carbocycles. The maximum atomic E-state index is 12.8. The first-order valence-corrected chi connectivity index (χ1v) is 12.0. The quantitative estimate of drug-likeness (QED) is 0.351. The fourth-order valence-electron chi connectivity index (χ4n) is 4.02. The van der Waals surface area contributed by atoms with Crippen LogP contribution in [0, 0.1) is 0 Å². The highest BCUT2D eigenvalue weighted by Crippen LogP contribution is 2.46. The maximum Gasteiger partial charge on any atom is 0.342 e. The number of aliphatic imine (C=N–C) groups is 1. The zero-order valence-electron chi connectivity index (χ0n) is 17.8. The number of rotatable bonds is 7. The number of fused-ring (bicyclic) bond motifs is 2. The van der Waals surface area contributed by atoms with Crippen LogP contribution in [0.3, 0.4) is 0 Å². The summed E-state index contributed by atoms with van der Waals surface area (Å²) in [5, 5.41) is 0. The smallest absolute Gasteiger partial charge is 0.342 e. The van der Waals surface area contributed by atoms with E-state index in [2.05, 4.69) is 34.7 Å². The van der Waals surface area contributed by atoms with E-state index >= 15 is 0 Å². The zero-order valence-corrected chi connectivity index (χ0v) is 20.2. The average molecular weight is 500 g/mol. The van der Waals surface area contributed by atoms with Crippen molar-refractivity contribution in [3.63, 3.8) is 0 Å².